The second-order valence-electron chi connectivity index (χ2n) is 10.1. The predicted octanol–water partition coefficient (Wildman–Crippen LogP) is 8.61. The van der Waals surface area contributed by atoms with E-state index >= 15 is 0 Å². The third-order valence-corrected chi connectivity index (χ3v) is 7.77. The van der Waals surface area contributed by atoms with Gasteiger partial charge in [-0.1, -0.05) is 72.8 Å². The number of benzene rings is 6. The molecular formula is C36H25BN2O2. The van der Waals surface area contributed by atoms with Crippen LogP contribution in [0, 0.1) is 0 Å². The molecule has 0 amide bonds. The highest BCUT2D eigenvalue weighted by Crippen LogP contribution is 2.35. The van der Waals surface area contributed by atoms with Gasteiger partial charge in [0.2, 0.25) is 0 Å². The highest BCUT2D eigenvalue weighted by Gasteiger charge is 2.15. The van der Waals surface area contributed by atoms with Crippen LogP contribution in [0.4, 0.5) is 0 Å². The van der Waals surface area contributed by atoms with Crippen molar-refractivity contribution in [2.24, 2.45) is 0 Å². The van der Waals surface area contributed by atoms with E-state index in [4.69, 9.17) is 9.31 Å². The topological polar surface area (TPSA) is 28.3 Å². The Labute approximate surface area is 237 Å². The summed E-state index contributed by atoms with van der Waals surface area (Å²) in [6, 6.07) is 50.4. The molecule has 0 aliphatic heterocycles. The summed E-state index contributed by atoms with van der Waals surface area (Å²) in [4.78, 5) is 0. The van der Waals surface area contributed by atoms with Crippen LogP contribution >= 0.6 is 0 Å². The minimum Gasteiger partial charge on any atom is -0.528 e. The maximum atomic E-state index is 6.15. The van der Waals surface area contributed by atoms with E-state index in [0.717, 1.165) is 33.9 Å². The normalized spacial score (nSPS) is 11.4. The van der Waals surface area contributed by atoms with Crippen molar-refractivity contribution in [1.82, 2.24) is 9.13 Å². The van der Waals surface area contributed by atoms with Crippen LogP contribution in [0.1, 0.15) is 0 Å². The fraction of sp³-hybridized carbons (Fsp3) is 0. The highest BCUT2D eigenvalue weighted by molar-refractivity contribution is 6.21. The number of fused-ring (bicyclic) bond motifs is 6. The van der Waals surface area contributed by atoms with Crippen molar-refractivity contribution < 1.29 is 9.31 Å². The zero-order valence-corrected chi connectivity index (χ0v) is 22.3. The Balaban J connectivity index is 1.12. The van der Waals surface area contributed by atoms with Crippen molar-refractivity contribution in [3.05, 3.63) is 146 Å². The molecule has 0 unspecified atom stereocenters. The number of para-hydroxylation sites is 4. The predicted molar refractivity (Wildman–Crippen MR) is 170 cm³/mol. The molecule has 0 bridgehead atoms. The van der Waals surface area contributed by atoms with Gasteiger partial charge >= 0.3 is 7.69 Å². The van der Waals surface area contributed by atoms with Crippen molar-refractivity contribution in [2.45, 2.75) is 0 Å². The first-order valence-corrected chi connectivity index (χ1v) is 13.8. The fourth-order valence-electron chi connectivity index (χ4n) is 5.96. The van der Waals surface area contributed by atoms with Gasteiger partial charge in [-0.15, -0.1) is 0 Å². The minimum atomic E-state index is 0.105. The first-order chi connectivity index (χ1) is 20.3. The van der Waals surface area contributed by atoms with Gasteiger partial charge in [0, 0.05) is 45.1 Å². The van der Waals surface area contributed by atoms with Gasteiger partial charge < -0.3 is 18.4 Å². The Hall–Kier alpha value is -5.42. The van der Waals surface area contributed by atoms with Gasteiger partial charge in [0.25, 0.3) is 0 Å². The van der Waals surface area contributed by atoms with Crippen LogP contribution in [0.3, 0.4) is 0 Å². The summed E-state index contributed by atoms with van der Waals surface area (Å²) in [6.07, 6.45) is 0. The molecule has 0 N–H and O–H groups in total. The summed E-state index contributed by atoms with van der Waals surface area (Å²) >= 11 is 0. The molecular weight excluding hydrogens is 503 g/mol. The molecule has 0 saturated carbocycles. The zero-order chi connectivity index (χ0) is 27.2. The maximum Gasteiger partial charge on any atom is 0.576 e. The molecule has 2 heterocycles. The number of aromatic nitrogens is 2. The summed E-state index contributed by atoms with van der Waals surface area (Å²) in [6.45, 7) is 0. The lowest BCUT2D eigenvalue weighted by atomic mass is 10.1. The van der Waals surface area contributed by atoms with Gasteiger partial charge in [-0.2, -0.15) is 0 Å². The fourth-order valence-corrected chi connectivity index (χ4v) is 5.96. The van der Waals surface area contributed by atoms with E-state index < -0.39 is 0 Å². The average Bonchev–Trinajstić information content (AvgIpc) is 3.54. The third kappa shape index (κ3) is 3.94. The average molecular weight is 528 g/mol. The van der Waals surface area contributed by atoms with Gasteiger partial charge in [-0.25, -0.2) is 0 Å². The van der Waals surface area contributed by atoms with E-state index in [1.807, 2.05) is 24.3 Å². The van der Waals surface area contributed by atoms with Crippen LogP contribution in [-0.4, -0.2) is 16.8 Å². The van der Waals surface area contributed by atoms with Crippen LogP contribution in [0.15, 0.2) is 146 Å². The minimum absolute atomic E-state index is 0.105. The van der Waals surface area contributed by atoms with Crippen LogP contribution in [0.5, 0.6) is 11.5 Å². The van der Waals surface area contributed by atoms with Crippen LogP contribution in [0.2, 0.25) is 0 Å². The van der Waals surface area contributed by atoms with Crippen molar-refractivity contribution in [3.8, 4) is 22.9 Å². The van der Waals surface area contributed by atoms with Crippen molar-refractivity contribution >= 4 is 51.3 Å². The Kier molecular flexibility index (Phi) is 5.52. The molecule has 0 atom stereocenters. The second kappa shape index (κ2) is 9.65. The van der Waals surface area contributed by atoms with E-state index in [-0.39, 0.29) is 7.69 Å². The van der Waals surface area contributed by atoms with E-state index in [1.165, 1.54) is 32.6 Å². The summed E-state index contributed by atoms with van der Waals surface area (Å²) in [7, 11) is 0.105. The van der Waals surface area contributed by atoms with Gasteiger partial charge in [0.1, 0.15) is 11.5 Å². The summed E-state index contributed by atoms with van der Waals surface area (Å²) < 4.78 is 16.9. The molecule has 5 heteroatoms. The Bertz CT molecular complexity index is 2030. The van der Waals surface area contributed by atoms with Gasteiger partial charge in [-0.05, 0) is 60.7 Å². The second-order valence-corrected chi connectivity index (χ2v) is 10.1. The van der Waals surface area contributed by atoms with Crippen LogP contribution < -0.4 is 9.31 Å². The van der Waals surface area contributed by atoms with Gasteiger partial charge in [-0.3, -0.25) is 0 Å². The van der Waals surface area contributed by atoms with Crippen molar-refractivity contribution in [2.75, 3.05) is 0 Å². The summed E-state index contributed by atoms with van der Waals surface area (Å²) in [5, 5.41) is 4.82. The lowest BCUT2D eigenvalue weighted by molar-refractivity contribution is 0.459. The quantitative estimate of drug-likeness (QED) is 0.202. The first kappa shape index (κ1) is 23.5. The van der Waals surface area contributed by atoms with E-state index in [0.29, 0.717) is 0 Å². The largest absolute Gasteiger partial charge is 0.576 e. The standard InChI is InChI=1S/C36H25BN2O2/c1-3-11-25(12-4-1)38-33-17-9-7-15-29(33)31-21-19-27(23-35(31)38)40-37-41-28-20-22-32-30-16-8-10-18-34(30)39(36(32)24-28)26-13-5-2-6-14-26/h1-24,37H. The number of hydrogen-bond acceptors (Lipinski definition) is 2. The van der Waals surface area contributed by atoms with Crippen molar-refractivity contribution in [3.63, 3.8) is 0 Å². The lowest BCUT2D eigenvalue weighted by Crippen LogP contribution is -2.11. The molecule has 0 aliphatic carbocycles. The Morgan fingerprint density at radius 3 is 1.22 bits per heavy atom. The molecule has 4 nitrogen and oxygen atoms in total. The summed E-state index contributed by atoms with van der Waals surface area (Å²) in [5.41, 5.74) is 6.78. The van der Waals surface area contributed by atoms with E-state index in [2.05, 4.69) is 130 Å². The van der Waals surface area contributed by atoms with Gasteiger partial charge in [0.05, 0.1) is 22.1 Å². The number of hydrogen-bond donors (Lipinski definition) is 0. The molecule has 0 spiro atoms. The molecule has 0 saturated heterocycles. The Morgan fingerprint density at radius 1 is 0.366 bits per heavy atom. The van der Waals surface area contributed by atoms with Crippen LogP contribution in [-0.2, 0) is 0 Å². The molecule has 8 rings (SSSR count). The molecule has 0 aliphatic rings. The van der Waals surface area contributed by atoms with Crippen LogP contribution in [0.25, 0.3) is 55.0 Å². The Morgan fingerprint density at radius 2 is 0.756 bits per heavy atom. The smallest absolute Gasteiger partial charge is 0.528 e. The molecule has 41 heavy (non-hydrogen) atoms. The van der Waals surface area contributed by atoms with Crippen molar-refractivity contribution in [1.29, 1.82) is 0 Å². The maximum absolute atomic E-state index is 6.15. The van der Waals surface area contributed by atoms with E-state index in [9.17, 15) is 0 Å². The molecule has 2 aromatic heterocycles. The molecule has 8 aromatic rings. The number of nitrogens with zero attached hydrogens (tertiary/aromatic N) is 2. The highest BCUT2D eigenvalue weighted by atomic mass is 16.6. The monoisotopic (exact) mass is 528 g/mol. The zero-order valence-electron chi connectivity index (χ0n) is 22.3. The van der Waals surface area contributed by atoms with E-state index in [1.54, 1.807) is 0 Å². The molecule has 0 radical (unpaired) electrons. The molecule has 6 aromatic carbocycles. The third-order valence-electron chi connectivity index (χ3n) is 7.77. The number of rotatable bonds is 6. The SMILES string of the molecule is B(Oc1ccc2c3ccccc3n(-c3ccccc3)c2c1)Oc1ccc2c3ccccc3n(-c3ccccc3)c2c1. The first-order valence-electron chi connectivity index (χ1n) is 13.8. The van der Waals surface area contributed by atoms with Gasteiger partial charge in [0.15, 0.2) is 0 Å². The lowest BCUT2D eigenvalue weighted by Gasteiger charge is -2.11. The summed E-state index contributed by atoms with van der Waals surface area (Å²) in [5.74, 6) is 1.52. The molecule has 0 fully saturated rings. The molecule has 194 valence electrons.